The second kappa shape index (κ2) is 4.41. The zero-order valence-corrected chi connectivity index (χ0v) is 8.10. The van der Waals surface area contributed by atoms with Crippen LogP contribution < -0.4 is 10.9 Å². The highest BCUT2D eigenvalue weighted by Crippen LogP contribution is 2.05. The number of nitrogens with zero attached hydrogens (tertiary/aromatic N) is 1. The average Bonchev–Trinajstić information content (AvgIpc) is 2.30. The molecule has 4 heteroatoms. The third-order valence-electron chi connectivity index (χ3n) is 1.98. The van der Waals surface area contributed by atoms with Crippen molar-refractivity contribution in [3.8, 4) is 0 Å². The van der Waals surface area contributed by atoms with Gasteiger partial charge in [-0.1, -0.05) is 18.2 Å². The van der Waals surface area contributed by atoms with E-state index in [0.717, 1.165) is 11.4 Å². The highest BCUT2D eigenvalue weighted by Gasteiger charge is 1.94. The van der Waals surface area contributed by atoms with Crippen LogP contribution >= 0.6 is 0 Å². The lowest BCUT2D eigenvalue weighted by molar-refractivity contribution is 0.901. The van der Waals surface area contributed by atoms with Gasteiger partial charge in [-0.25, -0.2) is 5.10 Å². The van der Waals surface area contributed by atoms with Crippen molar-refractivity contribution in [1.82, 2.24) is 10.2 Å². The summed E-state index contributed by atoms with van der Waals surface area (Å²) in [6, 6.07) is 13.0. The van der Waals surface area contributed by atoms with Crippen molar-refractivity contribution in [2.75, 3.05) is 5.32 Å². The Morgan fingerprint density at radius 2 is 1.93 bits per heavy atom. The molecule has 0 atom stereocenters. The normalized spacial score (nSPS) is 9.87. The Morgan fingerprint density at radius 1 is 1.13 bits per heavy atom. The number of hydrogen-bond acceptors (Lipinski definition) is 3. The summed E-state index contributed by atoms with van der Waals surface area (Å²) >= 11 is 0. The van der Waals surface area contributed by atoms with Gasteiger partial charge in [-0.3, -0.25) is 4.79 Å². The highest BCUT2D eigenvalue weighted by atomic mass is 16.1. The van der Waals surface area contributed by atoms with Gasteiger partial charge in [0.25, 0.3) is 5.56 Å². The van der Waals surface area contributed by atoms with E-state index in [9.17, 15) is 4.79 Å². The number of anilines is 1. The van der Waals surface area contributed by atoms with Gasteiger partial charge in [0.15, 0.2) is 0 Å². The van der Waals surface area contributed by atoms with Gasteiger partial charge in [-0.2, -0.15) is 5.10 Å². The molecule has 1 aromatic heterocycles. The van der Waals surface area contributed by atoms with E-state index in [1.165, 1.54) is 6.07 Å². The quantitative estimate of drug-likeness (QED) is 0.788. The molecule has 2 N–H and O–H groups in total. The number of H-pyrrole nitrogens is 1. The Balaban J connectivity index is 1.99. The summed E-state index contributed by atoms with van der Waals surface area (Å²) in [5, 5.41) is 9.48. The average molecular weight is 201 g/mol. The minimum atomic E-state index is -0.182. The van der Waals surface area contributed by atoms with Crippen LogP contribution in [0.5, 0.6) is 0 Å². The van der Waals surface area contributed by atoms with Crippen molar-refractivity contribution in [3.05, 3.63) is 58.5 Å². The summed E-state index contributed by atoms with van der Waals surface area (Å²) in [5.41, 5.74) is 1.66. The molecule has 0 bridgehead atoms. The summed E-state index contributed by atoms with van der Waals surface area (Å²) in [6.45, 7) is 0.598. The van der Waals surface area contributed by atoms with Gasteiger partial charge in [0.1, 0.15) is 0 Å². The third kappa shape index (κ3) is 2.67. The summed E-state index contributed by atoms with van der Waals surface area (Å²) in [6.07, 6.45) is 0. The van der Waals surface area contributed by atoms with Crippen LogP contribution in [0.2, 0.25) is 0 Å². The van der Waals surface area contributed by atoms with E-state index in [0.29, 0.717) is 6.54 Å². The molecule has 0 saturated heterocycles. The molecular formula is C11H11N3O. The second-order valence-electron chi connectivity index (χ2n) is 3.13. The summed E-state index contributed by atoms with van der Waals surface area (Å²) in [5.74, 6) is 0. The standard InChI is InChI=1S/C11H11N3O/c15-11-7-6-10(13-14-11)8-12-9-4-2-1-3-5-9/h1-7,12H,8H2,(H,14,15). The van der Waals surface area contributed by atoms with Gasteiger partial charge in [-0.15, -0.1) is 0 Å². The minimum Gasteiger partial charge on any atom is -0.379 e. The van der Waals surface area contributed by atoms with Crippen LogP contribution in [0.4, 0.5) is 5.69 Å². The summed E-state index contributed by atoms with van der Waals surface area (Å²) in [4.78, 5) is 10.8. The van der Waals surface area contributed by atoms with Gasteiger partial charge in [-0.05, 0) is 18.2 Å². The topological polar surface area (TPSA) is 57.8 Å². The fourth-order valence-electron chi connectivity index (χ4n) is 1.22. The molecule has 0 aliphatic rings. The molecule has 1 heterocycles. The minimum absolute atomic E-state index is 0.182. The highest BCUT2D eigenvalue weighted by molar-refractivity contribution is 5.42. The molecule has 15 heavy (non-hydrogen) atoms. The van der Waals surface area contributed by atoms with Crippen molar-refractivity contribution in [2.45, 2.75) is 6.54 Å². The van der Waals surface area contributed by atoms with E-state index < -0.39 is 0 Å². The molecule has 0 unspecified atom stereocenters. The van der Waals surface area contributed by atoms with Crippen LogP contribution in [0.1, 0.15) is 5.69 Å². The van der Waals surface area contributed by atoms with Crippen LogP contribution in [0.3, 0.4) is 0 Å². The lowest BCUT2D eigenvalue weighted by Gasteiger charge is -2.04. The molecule has 76 valence electrons. The molecule has 2 aromatic rings. The van der Waals surface area contributed by atoms with Crippen molar-refractivity contribution < 1.29 is 0 Å². The van der Waals surface area contributed by atoms with Crippen LogP contribution in [0, 0.1) is 0 Å². The number of nitrogens with one attached hydrogen (secondary N) is 2. The number of hydrogen-bond donors (Lipinski definition) is 2. The van der Waals surface area contributed by atoms with Crippen LogP contribution in [0.25, 0.3) is 0 Å². The Labute approximate surface area is 87.0 Å². The van der Waals surface area contributed by atoms with Gasteiger partial charge in [0, 0.05) is 11.8 Å². The van der Waals surface area contributed by atoms with E-state index in [4.69, 9.17) is 0 Å². The van der Waals surface area contributed by atoms with Crippen molar-refractivity contribution >= 4 is 5.69 Å². The molecule has 0 amide bonds. The van der Waals surface area contributed by atoms with Gasteiger partial charge in [0.2, 0.25) is 0 Å². The van der Waals surface area contributed by atoms with Gasteiger partial charge >= 0.3 is 0 Å². The van der Waals surface area contributed by atoms with E-state index in [1.54, 1.807) is 6.07 Å². The van der Waals surface area contributed by atoms with E-state index >= 15 is 0 Å². The molecule has 0 aliphatic carbocycles. The van der Waals surface area contributed by atoms with E-state index in [-0.39, 0.29) is 5.56 Å². The fraction of sp³-hybridized carbons (Fsp3) is 0.0909. The Kier molecular flexibility index (Phi) is 2.78. The number of aromatic amines is 1. The lowest BCUT2D eigenvalue weighted by atomic mass is 10.3. The van der Waals surface area contributed by atoms with E-state index in [2.05, 4.69) is 15.5 Å². The zero-order valence-electron chi connectivity index (χ0n) is 8.10. The number of rotatable bonds is 3. The maximum Gasteiger partial charge on any atom is 0.264 e. The van der Waals surface area contributed by atoms with Crippen molar-refractivity contribution in [2.24, 2.45) is 0 Å². The molecule has 1 aromatic carbocycles. The first-order valence-corrected chi connectivity index (χ1v) is 4.68. The third-order valence-corrected chi connectivity index (χ3v) is 1.98. The molecule has 0 spiro atoms. The van der Waals surface area contributed by atoms with Gasteiger partial charge in [0.05, 0.1) is 12.2 Å². The molecule has 0 radical (unpaired) electrons. The Morgan fingerprint density at radius 3 is 2.60 bits per heavy atom. The molecule has 0 saturated carbocycles. The Bertz CT molecular complexity index is 458. The summed E-state index contributed by atoms with van der Waals surface area (Å²) < 4.78 is 0. The zero-order chi connectivity index (χ0) is 10.5. The molecular weight excluding hydrogens is 190 g/mol. The molecule has 0 fully saturated rings. The molecule has 2 rings (SSSR count). The number of para-hydroxylation sites is 1. The predicted molar refractivity (Wildman–Crippen MR) is 58.6 cm³/mol. The second-order valence-corrected chi connectivity index (χ2v) is 3.13. The lowest BCUT2D eigenvalue weighted by Crippen LogP contribution is -2.10. The smallest absolute Gasteiger partial charge is 0.264 e. The van der Waals surface area contributed by atoms with Gasteiger partial charge < -0.3 is 5.32 Å². The monoisotopic (exact) mass is 201 g/mol. The van der Waals surface area contributed by atoms with Crippen molar-refractivity contribution in [3.63, 3.8) is 0 Å². The largest absolute Gasteiger partial charge is 0.379 e. The first-order valence-electron chi connectivity index (χ1n) is 4.68. The van der Waals surface area contributed by atoms with Crippen LogP contribution in [-0.2, 0) is 6.54 Å². The maximum absolute atomic E-state index is 10.8. The molecule has 0 aliphatic heterocycles. The maximum atomic E-state index is 10.8. The SMILES string of the molecule is O=c1ccc(CNc2ccccc2)n[nH]1. The first kappa shape index (κ1) is 9.45. The molecule has 4 nitrogen and oxygen atoms in total. The van der Waals surface area contributed by atoms with Crippen LogP contribution in [-0.4, -0.2) is 10.2 Å². The van der Waals surface area contributed by atoms with E-state index in [1.807, 2.05) is 30.3 Å². The summed E-state index contributed by atoms with van der Waals surface area (Å²) in [7, 11) is 0. The fourth-order valence-corrected chi connectivity index (χ4v) is 1.22. The number of benzene rings is 1. The predicted octanol–water partition coefficient (Wildman–Crippen LogP) is 1.38. The number of aromatic nitrogens is 2. The van der Waals surface area contributed by atoms with Crippen LogP contribution in [0.15, 0.2) is 47.3 Å². The first-order chi connectivity index (χ1) is 7.34. The Hall–Kier alpha value is -2.10. The van der Waals surface area contributed by atoms with Crippen molar-refractivity contribution in [1.29, 1.82) is 0 Å².